The molecule has 0 radical (unpaired) electrons. The van der Waals surface area contributed by atoms with Gasteiger partial charge >= 0.3 is 12.3 Å². The topological polar surface area (TPSA) is 69.6 Å². The van der Waals surface area contributed by atoms with Crippen LogP contribution in [0.4, 0.5) is 18.0 Å². The number of nitrogens with one attached hydrogen (secondary N) is 1. The Bertz CT molecular complexity index is 1040. The SMILES string of the molecule is COC(=O)NCC1=C(n2ccccc2=O)c2cc(C(F)(F)F)ccc2OC1(C)C. The van der Waals surface area contributed by atoms with Crippen molar-refractivity contribution in [1.82, 2.24) is 9.88 Å². The molecule has 2 aromatic rings. The number of rotatable bonds is 3. The third-order valence-electron chi connectivity index (χ3n) is 4.60. The third-order valence-corrected chi connectivity index (χ3v) is 4.60. The van der Waals surface area contributed by atoms with Crippen LogP contribution in [0, 0.1) is 0 Å². The largest absolute Gasteiger partial charge is 0.483 e. The Morgan fingerprint density at radius 3 is 2.59 bits per heavy atom. The Balaban J connectivity index is 2.31. The molecule has 0 aliphatic carbocycles. The maximum Gasteiger partial charge on any atom is 0.416 e. The number of carbonyl (C=O) groups is 1. The van der Waals surface area contributed by atoms with E-state index in [1.165, 1.54) is 36.1 Å². The van der Waals surface area contributed by atoms with Gasteiger partial charge in [-0.05, 0) is 38.1 Å². The van der Waals surface area contributed by atoms with Gasteiger partial charge in [-0.3, -0.25) is 9.36 Å². The van der Waals surface area contributed by atoms with E-state index in [0.29, 0.717) is 5.57 Å². The number of hydrogen-bond acceptors (Lipinski definition) is 4. The Morgan fingerprint density at radius 2 is 1.97 bits per heavy atom. The zero-order chi connectivity index (χ0) is 21.4. The summed E-state index contributed by atoms with van der Waals surface area (Å²) in [6.07, 6.45) is -3.83. The van der Waals surface area contributed by atoms with E-state index in [0.717, 1.165) is 12.1 Å². The predicted molar refractivity (Wildman–Crippen MR) is 99.6 cm³/mol. The fourth-order valence-electron chi connectivity index (χ4n) is 3.18. The molecule has 9 heteroatoms. The van der Waals surface area contributed by atoms with E-state index in [9.17, 15) is 22.8 Å². The number of alkyl carbamates (subject to hydrolysis) is 1. The van der Waals surface area contributed by atoms with Gasteiger partial charge in [-0.1, -0.05) is 6.07 Å². The van der Waals surface area contributed by atoms with Crippen LogP contribution in [-0.2, 0) is 10.9 Å². The van der Waals surface area contributed by atoms with Crippen molar-refractivity contribution in [3.8, 4) is 5.75 Å². The highest BCUT2D eigenvalue weighted by Crippen LogP contribution is 2.43. The molecule has 6 nitrogen and oxygen atoms in total. The lowest BCUT2D eigenvalue weighted by atomic mass is 9.88. The number of ether oxygens (including phenoxy) is 2. The van der Waals surface area contributed by atoms with Crippen LogP contribution in [0.5, 0.6) is 5.75 Å². The molecule has 1 aliphatic rings. The summed E-state index contributed by atoms with van der Waals surface area (Å²) in [5.41, 5.74) is -1.57. The minimum atomic E-state index is -4.57. The van der Waals surface area contributed by atoms with Gasteiger partial charge in [0.15, 0.2) is 0 Å². The number of fused-ring (bicyclic) bond motifs is 1. The van der Waals surface area contributed by atoms with Crippen LogP contribution >= 0.6 is 0 Å². The molecule has 3 rings (SSSR count). The number of aromatic nitrogens is 1. The number of methoxy groups -OCH3 is 1. The average molecular weight is 408 g/mol. The van der Waals surface area contributed by atoms with Gasteiger partial charge in [-0.2, -0.15) is 13.2 Å². The van der Waals surface area contributed by atoms with E-state index >= 15 is 0 Å². The van der Waals surface area contributed by atoms with Gasteiger partial charge in [0, 0.05) is 29.9 Å². The summed E-state index contributed by atoms with van der Waals surface area (Å²) in [7, 11) is 1.19. The van der Waals surface area contributed by atoms with Crippen LogP contribution < -0.4 is 15.6 Å². The van der Waals surface area contributed by atoms with E-state index < -0.39 is 29.0 Å². The van der Waals surface area contributed by atoms with E-state index in [-0.39, 0.29) is 23.6 Å². The summed E-state index contributed by atoms with van der Waals surface area (Å²) in [5, 5.41) is 2.52. The summed E-state index contributed by atoms with van der Waals surface area (Å²) < 4.78 is 51.7. The molecule has 154 valence electrons. The molecule has 2 heterocycles. The van der Waals surface area contributed by atoms with Crippen LogP contribution in [-0.4, -0.2) is 29.9 Å². The number of amides is 1. The zero-order valence-corrected chi connectivity index (χ0v) is 16.0. The van der Waals surface area contributed by atoms with Crippen molar-refractivity contribution >= 4 is 11.8 Å². The Hall–Kier alpha value is -3.23. The second kappa shape index (κ2) is 7.31. The van der Waals surface area contributed by atoms with Crippen LogP contribution in [0.3, 0.4) is 0 Å². The molecule has 1 aliphatic heterocycles. The molecule has 1 N–H and O–H groups in total. The minimum absolute atomic E-state index is 0.0912. The lowest BCUT2D eigenvalue weighted by Gasteiger charge is -2.37. The molecule has 29 heavy (non-hydrogen) atoms. The molecule has 0 fully saturated rings. The first-order valence-electron chi connectivity index (χ1n) is 8.69. The second-order valence-electron chi connectivity index (χ2n) is 6.90. The van der Waals surface area contributed by atoms with Crippen molar-refractivity contribution in [3.05, 3.63) is 69.6 Å². The van der Waals surface area contributed by atoms with Crippen molar-refractivity contribution in [2.75, 3.05) is 13.7 Å². The van der Waals surface area contributed by atoms with Gasteiger partial charge in [-0.25, -0.2) is 4.79 Å². The predicted octanol–water partition coefficient (Wildman–Crippen LogP) is 3.65. The summed E-state index contributed by atoms with van der Waals surface area (Å²) in [4.78, 5) is 24.1. The van der Waals surface area contributed by atoms with Gasteiger partial charge in [-0.15, -0.1) is 0 Å². The highest BCUT2D eigenvalue weighted by Gasteiger charge is 2.38. The zero-order valence-electron chi connectivity index (χ0n) is 16.0. The van der Waals surface area contributed by atoms with Crippen molar-refractivity contribution < 1.29 is 27.4 Å². The third kappa shape index (κ3) is 3.98. The fourth-order valence-corrected chi connectivity index (χ4v) is 3.18. The molecule has 0 unspecified atom stereocenters. The van der Waals surface area contributed by atoms with E-state index in [1.807, 2.05) is 0 Å². The quantitative estimate of drug-likeness (QED) is 0.842. The number of pyridine rings is 1. The molecule has 0 saturated heterocycles. The van der Waals surface area contributed by atoms with Crippen LogP contribution in [0.2, 0.25) is 0 Å². The number of carbonyl (C=O) groups excluding carboxylic acids is 1. The standard InChI is InChI=1S/C20H19F3N2O4/c1-19(2)14(11-24-18(27)28-3)17(25-9-5-4-6-16(25)26)13-10-12(20(21,22)23)7-8-15(13)29-19/h4-10H,11H2,1-3H3,(H,24,27). The van der Waals surface area contributed by atoms with Gasteiger partial charge in [0.2, 0.25) is 0 Å². The molecular weight excluding hydrogens is 389 g/mol. The Labute approximate surface area is 164 Å². The van der Waals surface area contributed by atoms with Gasteiger partial charge in [0.1, 0.15) is 11.4 Å². The first kappa shape index (κ1) is 20.5. The molecular formula is C20H19F3N2O4. The van der Waals surface area contributed by atoms with Gasteiger partial charge < -0.3 is 14.8 Å². The minimum Gasteiger partial charge on any atom is -0.483 e. The van der Waals surface area contributed by atoms with Crippen LogP contribution in [0.1, 0.15) is 25.0 Å². The van der Waals surface area contributed by atoms with E-state index in [2.05, 4.69) is 10.1 Å². The Kier molecular flexibility index (Phi) is 5.16. The highest BCUT2D eigenvalue weighted by molar-refractivity contribution is 5.78. The molecule has 1 aromatic carbocycles. The summed E-state index contributed by atoms with van der Waals surface area (Å²) in [6.45, 7) is 3.32. The highest BCUT2D eigenvalue weighted by atomic mass is 19.4. The lowest BCUT2D eigenvalue weighted by Crippen LogP contribution is -2.42. The maximum absolute atomic E-state index is 13.3. The summed E-state index contributed by atoms with van der Waals surface area (Å²) in [6, 6.07) is 7.53. The maximum atomic E-state index is 13.3. The number of alkyl halides is 3. The van der Waals surface area contributed by atoms with Crippen LogP contribution in [0.15, 0.2) is 53.0 Å². The van der Waals surface area contributed by atoms with E-state index in [4.69, 9.17) is 4.74 Å². The molecule has 0 bridgehead atoms. The smallest absolute Gasteiger partial charge is 0.416 e. The van der Waals surface area contributed by atoms with Crippen molar-refractivity contribution in [2.24, 2.45) is 0 Å². The number of nitrogens with zero attached hydrogens (tertiary/aromatic N) is 1. The normalized spacial score (nSPS) is 15.4. The van der Waals surface area contributed by atoms with Gasteiger partial charge in [0.05, 0.1) is 18.4 Å². The monoisotopic (exact) mass is 408 g/mol. The first-order chi connectivity index (χ1) is 13.5. The molecule has 0 spiro atoms. The molecule has 1 aromatic heterocycles. The first-order valence-corrected chi connectivity index (χ1v) is 8.69. The summed E-state index contributed by atoms with van der Waals surface area (Å²) >= 11 is 0. The van der Waals surface area contributed by atoms with Crippen molar-refractivity contribution in [3.63, 3.8) is 0 Å². The number of halogens is 3. The van der Waals surface area contributed by atoms with Gasteiger partial charge in [0.25, 0.3) is 5.56 Å². The molecule has 0 atom stereocenters. The lowest BCUT2D eigenvalue weighted by molar-refractivity contribution is -0.137. The van der Waals surface area contributed by atoms with Crippen molar-refractivity contribution in [1.29, 1.82) is 0 Å². The summed E-state index contributed by atoms with van der Waals surface area (Å²) in [5.74, 6) is 0.204. The fraction of sp³-hybridized carbons (Fsp3) is 0.300. The number of benzene rings is 1. The molecule has 0 saturated carbocycles. The second-order valence-corrected chi connectivity index (χ2v) is 6.90. The van der Waals surface area contributed by atoms with E-state index in [1.54, 1.807) is 19.9 Å². The number of hydrogen-bond donors (Lipinski definition) is 1. The Morgan fingerprint density at radius 1 is 1.24 bits per heavy atom. The molecule has 1 amide bonds. The van der Waals surface area contributed by atoms with Crippen LogP contribution in [0.25, 0.3) is 5.70 Å². The average Bonchev–Trinajstić information content (AvgIpc) is 2.64. The van der Waals surface area contributed by atoms with Crippen molar-refractivity contribution in [2.45, 2.75) is 25.6 Å².